The zero-order valence-electron chi connectivity index (χ0n) is 11.7. The summed E-state index contributed by atoms with van der Waals surface area (Å²) in [5.74, 6) is 0.0209. The topological polar surface area (TPSA) is 42.4 Å². The Morgan fingerprint density at radius 2 is 1.89 bits per heavy atom. The molecule has 1 amide bonds. The molecule has 104 valence electrons. The average Bonchev–Trinajstić information content (AvgIpc) is 2.23. The van der Waals surface area contributed by atoms with Gasteiger partial charge in [-0.2, -0.15) is 0 Å². The normalized spacial score (nSPS) is 21.2. The third-order valence-electron chi connectivity index (χ3n) is 2.96. The highest BCUT2D eigenvalue weighted by Gasteiger charge is 2.40. The molecular formula is C14H19BrN2O2. The molecule has 0 radical (unpaired) electrons. The van der Waals surface area contributed by atoms with E-state index in [1.165, 1.54) is 0 Å². The van der Waals surface area contributed by atoms with E-state index < -0.39 is 0 Å². The number of rotatable bonds is 1. The third kappa shape index (κ3) is 3.54. The van der Waals surface area contributed by atoms with Crippen LogP contribution in [0.15, 0.2) is 22.9 Å². The van der Waals surface area contributed by atoms with E-state index in [0.29, 0.717) is 23.3 Å². The van der Waals surface area contributed by atoms with Crippen LogP contribution in [0.25, 0.3) is 0 Å². The second kappa shape index (κ2) is 4.87. The Hall–Kier alpha value is -0.940. The molecule has 0 bridgehead atoms. The molecule has 2 rings (SSSR count). The summed E-state index contributed by atoms with van der Waals surface area (Å²) in [6, 6.07) is 3.49. The molecule has 0 saturated carbocycles. The first-order valence-electron chi connectivity index (χ1n) is 6.30. The molecule has 5 heteroatoms. The van der Waals surface area contributed by atoms with Crippen molar-refractivity contribution in [2.75, 3.05) is 13.1 Å². The molecule has 0 aromatic carbocycles. The van der Waals surface area contributed by atoms with Gasteiger partial charge in [0.1, 0.15) is 4.60 Å². The largest absolute Gasteiger partial charge is 0.366 e. The van der Waals surface area contributed by atoms with E-state index in [-0.39, 0.29) is 17.1 Å². The number of pyridine rings is 1. The number of hydrogen-bond acceptors (Lipinski definition) is 3. The van der Waals surface area contributed by atoms with Crippen molar-refractivity contribution >= 4 is 21.8 Å². The minimum Gasteiger partial charge on any atom is -0.366 e. The van der Waals surface area contributed by atoms with Gasteiger partial charge in [-0.25, -0.2) is 4.98 Å². The average molecular weight is 327 g/mol. The summed E-state index contributed by atoms with van der Waals surface area (Å²) < 4.78 is 6.66. The van der Waals surface area contributed by atoms with Crippen LogP contribution in [0.3, 0.4) is 0 Å². The quantitative estimate of drug-likeness (QED) is 0.745. The van der Waals surface area contributed by atoms with Crippen LogP contribution in [0, 0.1) is 0 Å². The number of halogens is 1. The van der Waals surface area contributed by atoms with Crippen LogP contribution in [0.2, 0.25) is 0 Å². The zero-order chi connectivity index (χ0) is 14.3. The highest BCUT2D eigenvalue weighted by atomic mass is 79.9. The molecular weight excluding hydrogens is 308 g/mol. The van der Waals surface area contributed by atoms with Crippen molar-refractivity contribution in [2.24, 2.45) is 0 Å². The smallest absolute Gasteiger partial charge is 0.254 e. The van der Waals surface area contributed by atoms with Crippen molar-refractivity contribution in [3.63, 3.8) is 0 Å². The first-order valence-corrected chi connectivity index (χ1v) is 7.09. The van der Waals surface area contributed by atoms with Crippen LogP contribution in [0.5, 0.6) is 0 Å². The highest BCUT2D eigenvalue weighted by molar-refractivity contribution is 9.10. The van der Waals surface area contributed by atoms with Gasteiger partial charge in [0, 0.05) is 24.8 Å². The third-order valence-corrected chi connectivity index (χ3v) is 3.39. The monoisotopic (exact) mass is 326 g/mol. The molecule has 2 heterocycles. The first-order chi connectivity index (χ1) is 8.69. The summed E-state index contributed by atoms with van der Waals surface area (Å²) in [6.07, 6.45) is 1.63. The Labute approximate surface area is 122 Å². The number of nitrogens with zero attached hydrogens (tertiary/aromatic N) is 2. The fourth-order valence-corrected chi connectivity index (χ4v) is 3.01. The van der Waals surface area contributed by atoms with Gasteiger partial charge in [0.05, 0.1) is 11.2 Å². The van der Waals surface area contributed by atoms with Crippen molar-refractivity contribution in [2.45, 2.75) is 38.9 Å². The van der Waals surface area contributed by atoms with Crippen molar-refractivity contribution in [1.29, 1.82) is 0 Å². The number of carbonyl (C=O) groups excluding carboxylic acids is 1. The molecule has 1 aliphatic rings. The van der Waals surface area contributed by atoms with Crippen molar-refractivity contribution in [3.8, 4) is 0 Å². The van der Waals surface area contributed by atoms with Crippen LogP contribution >= 0.6 is 15.9 Å². The van der Waals surface area contributed by atoms with Gasteiger partial charge in [0.15, 0.2) is 0 Å². The highest BCUT2D eigenvalue weighted by Crippen LogP contribution is 2.29. The number of hydrogen-bond donors (Lipinski definition) is 0. The Balaban J connectivity index is 2.24. The lowest BCUT2D eigenvalue weighted by molar-refractivity contribution is -0.171. The molecule has 1 aliphatic heterocycles. The Morgan fingerprint density at radius 3 is 2.42 bits per heavy atom. The Kier molecular flexibility index (Phi) is 3.71. The van der Waals surface area contributed by atoms with Gasteiger partial charge in [-0.3, -0.25) is 4.79 Å². The molecule has 0 aliphatic carbocycles. The molecule has 0 unspecified atom stereocenters. The van der Waals surface area contributed by atoms with Gasteiger partial charge in [-0.1, -0.05) is 0 Å². The van der Waals surface area contributed by atoms with Gasteiger partial charge in [-0.05, 0) is 55.8 Å². The van der Waals surface area contributed by atoms with Crippen LogP contribution in [0.1, 0.15) is 38.1 Å². The molecule has 1 saturated heterocycles. The molecule has 1 fully saturated rings. The molecule has 0 N–H and O–H groups in total. The molecule has 1 aromatic heterocycles. The summed E-state index contributed by atoms with van der Waals surface area (Å²) in [4.78, 5) is 18.4. The van der Waals surface area contributed by atoms with Crippen molar-refractivity contribution in [1.82, 2.24) is 9.88 Å². The minimum atomic E-state index is -0.332. The lowest BCUT2D eigenvalue weighted by Crippen LogP contribution is -2.58. The summed E-state index contributed by atoms with van der Waals surface area (Å²) in [6.45, 7) is 9.23. The van der Waals surface area contributed by atoms with Gasteiger partial charge in [0.25, 0.3) is 5.91 Å². The zero-order valence-corrected chi connectivity index (χ0v) is 13.3. The standard InChI is InChI=1S/C14H19BrN2O2/c1-13(2)8-17(9-14(3,4)19-13)12(18)10-5-6-16-11(15)7-10/h5-7H,8-9H2,1-4H3. The fraction of sp³-hybridized carbons (Fsp3) is 0.571. The van der Waals surface area contributed by atoms with E-state index in [9.17, 15) is 4.79 Å². The van der Waals surface area contributed by atoms with Crippen LogP contribution in [0.4, 0.5) is 0 Å². The van der Waals surface area contributed by atoms with E-state index >= 15 is 0 Å². The first kappa shape index (κ1) is 14.5. The number of aromatic nitrogens is 1. The summed E-state index contributed by atoms with van der Waals surface area (Å²) in [7, 11) is 0. The minimum absolute atomic E-state index is 0.0209. The van der Waals surface area contributed by atoms with Crippen LogP contribution < -0.4 is 0 Å². The number of morpholine rings is 1. The summed E-state index contributed by atoms with van der Waals surface area (Å²) >= 11 is 3.29. The maximum atomic E-state index is 12.5. The SMILES string of the molecule is CC1(C)CN(C(=O)c2ccnc(Br)c2)CC(C)(C)O1. The predicted molar refractivity (Wildman–Crippen MR) is 77.1 cm³/mol. The summed E-state index contributed by atoms with van der Waals surface area (Å²) in [5.41, 5.74) is -0.0149. The number of ether oxygens (including phenoxy) is 1. The van der Waals surface area contributed by atoms with Crippen molar-refractivity contribution in [3.05, 3.63) is 28.5 Å². The van der Waals surface area contributed by atoms with Crippen LogP contribution in [-0.2, 0) is 4.74 Å². The Bertz CT molecular complexity index is 484. The second-order valence-electron chi connectivity index (χ2n) is 6.15. The van der Waals surface area contributed by atoms with Gasteiger partial charge >= 0.3 is 0 Å². The summed E-state index contributed by atoms with van der Waals surface area (Å²) in [5, 5.41) is 0. The van der Waals surface area contributed by atoms with E-state index in [1.807, 2.05) is 32.6 Å². The molecule has 19 heavy (non-hydrogen) atoms. The van der Waals surface area contributed by atoms with E-state index in [2.05, 4.69) is 20.9 Å². The predicted octanol–water partition coefficient (Wildman–Crippen LogP) is 2.87. The molecule has 4 nitrogen and oxygen atoms in total. The van der Waals surface area contributed by atoms with Crippen LogP contribution in [-0.4, -0.2) is 40.1 Å². The molecule has 1 aromatic rings. The number of amides is 1. The fourth-order valence-electron chi connectivity index (χ4n) is 2.65. The van der Waals surface area contributed by atoms with E-state index in [0.717, 1.165) is 0 Å². The van der Waals surface area contributed by atoms with Gasteiger partial charge < -0.3 is 9.64 Å². The number of carbonyl (C=O) groups is 1. The van der Waals surface area contributed by atoms with E-state index in [4.69, 9.17) is 4.74 Å². The van der Waals surface area contributed by atoms with Gasteiger partial charge in [-0.15, -0.1) is 0 Å². The van der Waals surface area contributed by atoms with E-state index in [1.54, 1.807) is 18.3 Å². The second-order valence-corrected chi connectivity index (χ2v) is 6.96. The van der Waals surface area contributed by atoms with Gasteiger partial charge in [0.2, 0.25) is 0 Å². The molecule has 0 atom stereocenters. The molecule has 0 spiro atoms. The Morgan fingerprint density at radius 1 is 1.32 bits per heavy atom. The van der Waals surface area contributed by atoms with Crippen molar-refractivity contribution < 1.29 is 9.53 Å². The lowest BCUT2D eigenvalue weighted by atomic mass is 9.98. The lowest BCUT2D eigenvalue weighted by Gasteiger charge is -2.47. The maximum Gasteiger partial charge on any atom is 0.254 e. The maximum absolute atomic E-state index is 12.5.